The Morgan fingerprint density at radius 2 is 1.65 bits per heavy atom. The summed E-state index contributed by atoms with van der Waals surface area (Å²) in [5.41, 5.74) is 2.51. The molecule has 0 bridgehead atoms. The molecule has 5 heteroatoms. The smallest absolute Gasteiger partial charge is 0.0641 e. The number of rotatable bonds is 10. The van der Waals surface area contributed by atoms with E-state index in [-0.39, 0.29) is 0 Å². The van der Waals surface area contributed by atoms with Crippen LogP contribution in [0.4, 0.5) is 5.69 Å². The predicted molar refractivity (Wildman–Crippen MR) is 92.0 cm³/mol. The van der Waals surface area contributed by atoms with Crippen LogP contribution in [-0.2, 0) is 14.8 Å². The molecule has 0 fully saturated rings. The molecule has 0 unspecified atom stereocenters. The van der Waals surface area contributed by atoms with E-state index < -0.39 is 0 Å². The zero-order valence-electron chi connectivity index (χ0n) is 12.2. The van der Waals surface area contributed by atoms with E-state index >= 15 is 0 Å². The molecule has 0 amide bonds. The molecular formula is C15H23Br2NO2. The van der Waals surface area contributed by atoms with E-state index in [4.69, 9.17) is 9.47 Å². The fraction of sp³-hybridized carbons (Fsp3) is 0.600. The first-order chi connectivity index (χ1) is 9.72. The molecule has 20 heavy (non-hydrogen) atoms. The van der Waals surface area contributed by atoms with Gasteiger partial charge in [0, 0.05) is 41.8 Å². The largest absolute Gasteiger partial charge is 0.380 e. The quantitative estimate of drug-likeness (QED) is 0.427. The van der Waals surface area contributed by atoms with Gasteiger partial charge in [-0.2, -0.15) is 0 Å². The van der Waals surface area contributed by atoms with Crippen molar-refractivity contribution in [2.75, 3.05) is 44.4 Å². The number of hydrogen-bond donors (Lipinski definition) is 0. The zero-order chi connectivity index (χ0) is 14.8. The van der Waals surface area contributed by atoms with Gasteiger partial charge in [0.25, 0.3) is 0 Å². The molecule has 0 aromatic heterocycles. The Morgan fingerprint density at radius 1 is 1.05 bits per heavy atom. The second-order valence-electron chi connectivity index (χ2n) is 4.29. The number of hydrogen-bond acceptors (Lipinski definition) is 3. The molecular weight excluding hydrogens is 386 g/mol. The molecule has 1 rings (SSSR count). The maximum atomic E-state index is 5.49. The number of anilines is 1. The highest BCUT2D eigenvalue weighted by atomic mass is 79.9. The minimum Gasteiger partial charge on any atom is -0.380 e. The molecule has 114 valence electrons. The number of alkyl halides is 1. The summed E-state index contributed by atoms with van der Waals surface area (Å²) in [4.78, 5) is 2.33. The van der Waals surface area contributed by atoms with Crippen molar-refractivity contribution < 1.29 is 9.47 Å². The monoisotopic (exact) mass is 407 g/mol. The van der Waals surface area contributed by atoms with E-state index in [0.717, 1.165) is 49.3 Å². The van der Waals surface area contributed by atoms with E-state index in [1.165, 1.54) is 11.3 Å². The van der Waals surface area contributed by atoms with Crippen LogP contribution in [0.15, 0.2) is 22.7 Å². The molecule has 0 saturated carbocycles. The molecule has 1 aromatic rings. The first kappa shape index (κ1) is 18.0. The SMILES string of the molecule is CCOCCN(CCOCC)c1cc(Br)ccc1CBr. The molecule has 0 radical (unpaired) electrons. The Kier molecular flexibility index (Phi) is 9.52. The predicted octanol–water partition coefficient (Wildman–Crippen LogP) is 4.22. The van der Waals surface area contributed by atoms with Crippen LogP contribution in [0.3, 0.4) is 0 Å². The Morgan fingerprint density at radius 3 is 2.15 bits per heavy atom. The van der Waals surface area contributed by atoms with Crippen molar-refractivity contribution in [1.29, 1.82) is 0 Å². The molecule has 0 aliphatic heterocycles. The van der Waals surface area contributed by atoms with Gasteiger partial charge in [-0.15, -0.1) is 0 Å². The van der Waals surface area contributed by atoms with Gasteiger partial charge < -0.3 is 14.4 Å². The second kappa shape index (κ2) is 10.6. The molecule has 0 heterocycles. The first-order valence-electron chi connectivity index (χ1n) is 6.97. The van der Waals surface area contributed by atoms with Gasteiger partial charge >= 0.3 is 0 Å². The van der Waals surface area contributed by atoms with E-state index in [2.05, 4.69) is 55.0 Å². The number of ether oxygens (including phenoxy) is 2. The zero-order valence-corrected chi connectivity index (χ0v) is 15.4. The Bertz CT molecular complexity index is 378. The normalized spacial score (nSPS) is 10.8. The van der Waals surface area contributed by atoms with Crippen LogP contribution < -0.4 is 4.90 Å². The summed E-state index contributed by atoms with van der Waals surface area (Å²) in [6.07, 6.45) is 0. The van der Waals surface area contributed by atoms with Gasteiger partial charge in [0.05, 0.1) is 13.2 Å². The highest BCUT2D eigenvalue weighted by Gasteiger charge is 2.11. The van der Waals surface area contributed by atoms with Crippen LogP contribution in [-0.4, -0.2) is 39.5 Å². The summed E-state index contributed by atoms with van der Waals surface area (Å²) < 4.78 is 12.1. The van der Waals surface area contributed by atoms with Crippen LogP contribution in [0.25, 0.3) is 0 Å². The van der Waals surface area contributed by atoms with Gasteiger partial charge in [0.15, 0.2) is 0 Å². The number of benzene rings is 1. The number of halogens is 2. The first-order valence-corrected chi connectivity index (χ1v) is 8.89. The second-order valence-corrected chi connectivity index (χ2v) is 5.76. The van der Waals surface area contributed by atoms with E-state index in [1.807, 2.05) is 13.8 Å². The lowest BCUT2D eigenvalue weighted by atomic mass is 10.2. The van der Waals surface area contributed by atoms with Gasteiger partial charge in [0.2, 0.25) is 0 Å². The van der Waals surface area contributed by atoms with Gasteiger partial charge in [-0.05, 0) is 31.5 Å². The molecule has 1 aromatic carbocycles. The summed E-state index contributed by atoms with van der Waals surface area (Å²) in [6.45, 7) is 8.76. The van der Waals surface area contributed by atoms with Crippen molar-refractivity contribution in [3.8, 4) is 0 Å². The van der Waals surface area contributed by atoms with Crippen molar-refractivity contribution in [2.45, 2.75) is 19.2 Å². The van der Waals surface area contributed by atoms with Crippen LogP contribution in [0.2, 0.25) is 0 Å². The summed E-state index contributed by atoms with van der Waals surface area (Å²) in [6, 6.07) is 6.38. The molecule has 0 saturated heterocycles. The molecule has 0 aliphatic carbocycles. The third-order valence-corrected chi connectivity index (χ3v) is 4.05. The highest BCUT2D eigenvalue weighted by molar-refractivity contribution is 9.10. The molecule has 0 N–H and O–H groups in total. The van der Waals surface area contributed by atoms with Crippen molar-refractivity contribution in [1.82, 2.24) is 0 Å². The van der Waals surface area contributed by atoms with Crippen molar-refractivity contribution in [2.24, 2.45) is 0 Å². The lowest BCUT2D eigenvalue weighted by molar-refractivity contribution is 0.141. The molecule has 0 aliphatic rings. The van der Waals surface area contributed by atoms with E-state index in [0.29, 0.717) is 0 Å². The minimum absolute atomic E-state index is 0.733. The van der Waals surface area contributed by atoms with Crippen molar-refractivity contribution in [3.63, 3.8) is 0 Å². The third-order valence-electron chi connectivity index (χ3n) is 2.95. The lowest BCUT2D eigenvalue weighted by Crippen LogP contribution is -2.31. The van der Waals surface area contributed by atoms with Gasteiger partial charge in [-0.1, -0.05) is 37.9 Å². The van der Waals surface area contributed by atoms with Crippen molar-refractivity contribution >= 4 is 37.5 Å². The van der Waals surface area contributed by atoms with Gasteiger partial charge in [-0.3, -0.25) is 0 Å². The maximum absolute atomic E-state index is 5.49. The van der Waals surface area contributed by atoms with Crippen LogP contribution >= 0.6 is 31.9 Å². The average Bonchev–Trinajstić information content (AvgIpc) is 2.46. The molecule has 3 nitrogen and oxygen atoms in total. The van der Waals surface area contributed by atoms with Crippen LogP contribution in [0.1, 0.15) is 19.4 Å². The summed E-state index contributed by atoms with van der Waals surface area (Å²) in [5, 5.41) is 0.843. The fourth-order valence-corrected chi connectivity index (χ4v) is 2.76. The van der Waals surface area contributed by atoms with E-state index in [1.54, 1.807) is 0 Å². The standard InChI is InChI=1S/C15H23Br2NO2/c1-3-19-9-7-18(8-10-20-4-2)15-11-14(17)6-5-13(15)12-16/h5-6,11H,3-4,7-10,12H2,1-2H3. The summed E-state index contributed by atoms with van der Waals surface area (Å²) >= 11 is 7.11. The maximum Gasteiger partial charge on any atom is 0.0641 e. The Balaban J connectivity index is 2.80. The highest BCUT2D eigenvalue weighted by Crippen LogP contribution is 2.27. The third kappa shape index (κ3) is 6.12. The van der Waals surface area contributed by atoms with E-state index in [9.17, 15) is 0 Å². The van der Waals surface area contributed by atoms with Crippen LogP contribution in [0.5, 0.6) is 0 Å². The minimum atomic E-state index is 0.733. The summed E-state index contributed by atoms with van der Waals surface area (Å²) in [5.74, 6) is 0. The molecule has 0 spiro atoms. The Labute approximate surface area is 138 Å². The molecule has 0 atom stereocenters. The topological polar surface area (TPSA) is 21.7 Å². The number of nitrogens with zero attached hydrogens (tertiary/aromatic N) is 1. The fourth-order valence-electron chi connectivity index (χ4n) is 1.94. The van der Waals surface area contributed by atoms with Gasteiger partial charge in [0.1, 0.15) is 0 Å². The van der Waals surface area contributed by atoms with Gasteiger partial charge in [-0.25, -0.2) is 0 Å². The average molecular weight is 409 g/mol. The summed E-state index contributed by atoms with van der Waals surface area (Å²) in [7, 11) is 0. The van der Waals surface area contributed by atoms with Crippen molar-refractivity contribution in [3.05, 3.63) is 28.2 Å². The Hall–Kier alpha value is -0.100. The van der Waals surface area contributed by atoms with Crippen LogP contribution in [0, 0.1) is 0 Å². The lowest BCUT2D eigenvalue weighted by Gasteiger charge is -2.27.